The predicted molar refractivity (Wildman–Crippen MR) is 122 cm³/mol. The van der Waals surface area contributed by atoms with Gasteiger partial charge in [-0.25, -0.2) is 17.7 Å². The summed E-state index contributed by atoms with van der Waals surface area (Å²) in [5, 5.41) is 15.0. The number of nitrogens with one attached hydrogen (secondary N) is 2. The molecule has 32 heavy (non-hydrogen) atoms. The van der Waals surface area contributed by atoms with Crippen LogP contribution in [0.4, 0.5) is 11.9 Å². The summed E-state index contributed by atoms with van der Waals surface area (Å²) in [6, 6.07) is 2.05. The number of sulfonamides is 1. The lowest BCUT2D eigenvalue weighted by Gasteiger charge is -2.31. The van der Waals surface area contributed by atoms with Gasteiger partial charge in [0.25, 0.3) is 0 Å². The quantitative estimate of drug-likeness (QED) is 0.589. The highest BCUT2D eigenvalue weighted by Crippen LogP contribution is 2.27. The largest absolute Gasteiger partial charge is 0.350 e. The molecule has 2 saturated heterocycles. The lowest BCUT2D eigenvalue weighted by atomic mass is 10.00. The average molecular weight is 460 g/mol. The van der Waals surface area contributed by atoms with Gasteiger partial charge in [0.1, 0.15) is 0 Å². The lowest BCUT2D eigenvalue weighted by Crippen LogP contribution is -2.42. The molecule has 172 valence electrons. The molecule has 0 unspecified atom stereocenters. The first-order chi connectivity index (χ1) is 15.4. The van der Waals surface area contributed by atoms with Gasteiger partial charge in [-0.05, 0) is 31.6 Å². The Morgan fingerprint density at radius 3 is 2.50 bits per heavy atom. The Bertz CT molecular complexity index is 1180. The first-order valence-electron chi connectivity index (χ1n) is 11.1. The monoisotopic (exact) mass is 459 g/mol. The summed E-state index contributed by atoms with van der Waals surface area (Å²) in [5.74, 6) is 2.04. The molecule has 0 saturated carbocycles. The summed E-state index contributed by atoms with van der Waals surface area (Å²) in [7, 11) is -3.14. The normalized spacial score (nSPS) is 19.6. The van der Waals surface area contributed by atoms with E-state index in [0.717, 1.165) is 61.6 Å². The maximum atomic E-state index is 11.8. The molecule has 0 radical (unpaired) electrons. The zero-order valence-electron chi connectivity index (χ0n) is 18.4. The summed E-state index contributed by atoms with van der Waals surface area (Å²) >= 11 is 0. The number of aromatic nitrogens is 6. The highest BCUT2D eigenvalue weighted by Gasteiger charge is 2.26. The van der Waals surface area contributed by atoms with Crippen molar-refractivity contribution in [2.45, 2.75) is 38.6 Å². The molecule has 5 heterocycles. The minimum Gasteiger partial charge on any atom is -0.350 e. The van der Waals surface area contributed by atoms with Gasteiger partial charge in [-0.3, -0.25) is 5.10 Å². The molecule has 5 rings (SSSR count). The second kappa shape index (κ2) is 8.32. The molecule has 3 aromatic rings. The van der Waals surface area contributed by atoms with E-state index in [1.54, 1.807) is 6.20 Å². The number of piperidine rings is 2. The van der Waals surface area contributed by atoms with E-state index in [1.165, 1.54) is 10.6 Å². The van der Waals surface area contributed by atoms with Gasteiger partial charge in [-0.2, -0.15) is 14.6 Å². The number of anilines is 2. The fourth-order valence-corrected chi connectivity index (χ4v) is 5.28. The summed E-state index contributed by atoms with van der Waals surface area (Å²) in [6.45, 7) is 5.17. The molecule has 0 atom stereocenters. The van der Waals surface area contributed by atoms with Crippen LogP contribution in [0.3, 0.4) is 0 Å². The third kappa shape index (κ3) is 4.29. The van der Waals surface area contributed by atoms with Gasteiger partial charge in [0.2, 0.25) is 21.9 Å². The number of aromatic amines is 1. The molecular formula is C20H29N9O2S. The first-order valence-corrected chi connectivity index (χ1v) is 13.0. The minimum atomic E-state index is -3.14. The molecule has 2 aliphatic heterocycles. The van der Waals surface area contributed by atoms with Crippen molar-refractivity contribution < 1.29 is 8.42 Å². The van der Waals surface area contributed by atoms with E-state index in [-0.39, 0.29) is 6.04 Å². The van der Waals surface area contributed by atoms with Gasteiger partial charge in [-0.1, -0.05) is 6.92 Å². The van der Waals surface area contributed by atoms with Gasteiger partial charge in [0.15, 0.2) is 5.65 Å². The van der Waals surface area contributed by atoms with Crippen molar-refractivity contribution >= 4 is 27.6 Å². The third-order valence-corrected chi connectivity index (χ3v) is 7.73. The summed E-state index contributed by atoms with van der Waals surface area (Å²) in [6.07, 6.45) is 8.53. The van der Waals surface area contributed by atoms with E-state index >= 15 is 0 Å². The van der Waals surface area contributed by atoms with Crippen molar-refractivity contribution in [2.75, 3.05) is 42.7 Å². The van der Waals surface area contributed by atoms with E-state index in [2.05, 4.69) is 27.3 Å². The fraction of sp³-hybridized carbons (Fsp3) is 0.600. The van der Waals surface area contributed by atoms with Crippen molar-refractivity contribution in [2.24, 2.45) is 5.92 Å². The first kappa shape index (κ1) is 21.1. The zero-order chi connectivity index (χ0) is 22.3. The van der Waals surface area contributed by atoms with Gasteiger partial charge < -0.3 is 10.2 Å². The molecule has 3 aromatic heterocycles. The highest BCUT2D eigenvalue weighted by atomic mass is 32.2. The molecule has 11 nitrogen and oxygen atoms in total. The molecular weight excluding hydrogens is 430 g/mol. The predicted octanol–water partition coefficient (Wildman–Crippen LogP) is 1.59. The van der Waals surface area contributed by atoms with Gasteiger partial charge in [-0.15, -0.1) is 5.10 Å². The van der Waals surface area contributed by atoms with Crippen molar-refractivity contribution in [3.8, 4) is 11.3 Å². The van der Waals surface area contributed by atoms with Crippen LogP contribution in [0.1, 0.15) is 32.6 Å². The van der Waals surface area contributed by atoms with Gasteiger partial charge in [0.05, 0.1) is 18.1 Å². The smallest absolute Gasteiger partial charge is 0.243 e. The maximum absolute atomic E-state index is 11.8. The lowest BCUT2D eigenvalue weighted by molar-refractivity contribution is 0.331. The molecule has 2 fully saturated rings. The van der Waals surface area contributed by atoms with Crippen LogP contribution in [-0.4, -0.2) is 81.0 Å². The number of rotatable bonds is 5. The van der Waals surface area contributed by atoms with Crippen LogP contribution < -0.4 is 10.2 Å². The Hall–Kier alpha value is -2.73. The highest BCUT2D eigenvalue weighted by molar-refractivity contribution is 7.88. The Labute approximate surface area is 187 Å². The second-order valence-electron chi connectivity index (χ2n) is 8.88. The third-order valence-electron chi connectivity index (χ3n) is 6.42. The Morgan fingerprint density at radius 1 is 1.09 bits per heavy atom. The topological polar surface area (TPSA) is 124 Å². The fourth-order valence-electron chi connectivity index (χ4n) is 4.40. The number of hydrogen-bond acceptors (Lipinski definition) is 8. The van der Waals surface area contributed by atoms with Crippen LogP contribution in [-0.2, 0) is 10.0 Å². The standard InChI is InChI=1S/C20H29N9O2S/c1-14-3-7-27(8-4-14)20-24-17(15-12-21-22-13-15)11-18-25-19(26-29(18)20)23-16-5-9-28(10-6-16)32(2,30)31/h11-14,16H,3-10H2,1-2H3,(H,21,22)(H,23,26). The summed E-state index contributed by atoms with van der Waals surface area (Å²) in [4.78, 5) is 11.9. The van der Waals surface area contributed by atoms with Crippen molar-refractivity contribution in [1.82, 2.24) is 34.1 Å². The maximum Gasteiger partial charge on any atom is 0.243 e. The molecule has 0 bridgehead atoms. The number of fused-ring (bicyclic) bond motifs is 1. The molecule has 0 spiro atoms. The summed E-state index contributed by atoms with van der Waals surface area (Å²) in [5.41, 5.74) is 2.44. The van der Waals surface area contributed by atoms with Crippen LogP contribution in [0.2, 0.25) is 0 Å². The SMILES string of the molecule is CC1CCN(c2nc(-c3cn[nH]c3)cc3nc(NC4CCN(S(C)(=O)=O)CC4)nn23)CC1. The number of nitrogens with zero attached hydrogens (tertiary/aromatic N) is 7. The van der Waals surface area contributed by atoms with Crippen molar-refractivity contribution in [3.05, 3.63) is 18.5 Å². The molecule has 0 amide bonds. The van der Waals surface area contributed by atoms with E-state index in [9.17, 15) is 8.42 Å². The minimum absolute atomic E-state index is 0.131. The number of H-pyrrole nitrogens is 1. The van der Waals surface area contributed by atoms with Gasteiger partial charge in [0, 0.05) is 50.0 Å². The van der Waals surface area contributed by atoms with Crippen LogP contribution >= 0.6 is 0 Å². The molecule has 2 aliphatic rings. The summed E-state index contributed by atoms with van der Waals surface area (Å²) < 4.78 is 26.9. The van der Waals surface area contributed by atoms with Crippen LogP contribution in [0.5, 0.6) is 0 Å². The van der Waals surface area contributed by atoms with E-state index < -0.39 is 10.0 Å². The zero-order valence-corrected chi connectivity index (χ0v) is 19.2. The van der Waals surface area contributed by atoms with Crippen molar-refractivity contribution in [3.63, 3.8) is 0 Å². The Morgan fingerprint density at radius 2 is 1.84 bits per heavy atom. The van der Waals surface area contributed by atoms with E-state index in [0.29, 0.717) is 25.0 Å². The van der Waals surface area contributed by atoms with Crippen LogP contribution in [0.15, 0.2) is 18.5 Å². The molecule has 2 N–H and O–H groups in total. The van der Waals surface area contributed by atoms with Crippen LogP contribution in [0.25, 0.3) is 16.9 Å². The second-order valence-corrected chi connectivity index (χ2v) is 10.9. The van der Waals surface area contributed by atoms with Crippen molar-refractivity contribution in [1.29, 1.82) is 0 Å². The van der Waals surface area contributed by atoms with E-state index in [1.807, 2.05) is 16.8 Å². The van der Waals surface area contributed by atoms with Gasteiger partial charge >= 0.3 is 0 Å². The van der Waals surface area contributed by atoms with Crippen LogP contribution in [0, 0.1) is 5.92 Å². The Kier molecular flexibility index (Phi) is 5.49. The van der Waals surface area contributed by atoms with E-state index in [4.69, 9.17) is 15.1 Å². The molecule has 0 aromatic carbocycles. The Balaban J connectivity index is 1.42. The molecule has 0 aliphatic carbocycles. The molecule has 12 heteroatoms. The average Bonchev–Trinajstić information content (AvgIpc) is 3.43. The number of hydrogen-bond donors (Lipinski definition) is 2.